The lowest BCUT2D eigenvalue weighted by atomic mass is 10.1. The van der Waals surface area contributed by atoms with Gasteiger partial charge in [-0.3, -0.25) is 9.80 Å². The molecule has 3 rings (SSSR count). The third-order valence-corrected chi connectivity index (χ3v) is 4.73. The average Bonchev–Trinajstić information content (AvgIpc) is 2.96. The first kappa shape index (κ1) is 16.2. The number of aliphatic hydroxyl groups excluding tert-OH is 1. The Kier molecular flexibility index (Phi) is 5.10. The molecule has 0 radical (unpaired) electrons. The van der Waals surface area contributed by atoms with Gasteiger partial charge < -0.3 is 9.67 Å². The molecule has 1 aromatic carbocycles. The highest BCUT2D eigenvalue weighted by molar-refractivity contribution is 5.17. The normalized spacial score (nSPS) is 21.4. The number of benzene rings is 1. The number of nitrogens with zero attached hydrogens (tertiary/aromatic N) is 4. The monoisotopic (exact) mass is 314 g/mol. The molecule has 1 saturated heterocycles. The zero-order valence-electron chi connectivity index (χ0n) is 14.0. The number of hydrogen-bond acceptors (Lipinski definition) is 4. The molecule has 1 aromatic heterocycles. The van der Waals surface area contributed by atoms with Crippen LogP contribution in [0.3, 0.4) is 0 Å². The van der Waals surface area contributed by atoms with E-state index in [4.69, 9.17) is 0 Å². The van der Waals surface area contributed by atoms with Gasteiger partial charge in [0.1, 0.15) is 5.82 Å². The number of aliphatic hydroxyl groups is 1. The molecule has 1 N–H and O–H groups in total. The van der Waals surface area contributed by atoms with E-state index in [1.165, 1.54) is 0 Å². The van der Waals surface area contributed by atoms with Crippen LogP contribution in [0, 0.1) is 0 Å². The smallest absolute Gasteiger partial charge is 0.122 e. The Bertz CT molecular complexity index is 612. The summed E-state index contributed by atoms with van der Waals surface area (Å²) in [6.45, 7) is 6.83. The zero-order valence-corrected chi connectivity index (χ0v) is 14.0. The maximum atomic E-state index is 10.4. The molecule has 1 aliphatic rings. The molecule has 0 spiro atoms. The highest BCUT2D eigenvalue weighted by Crippen LogP contribution is 2.18. The second-order valence-corrected chi connectivity index (χ2v) is 6.46. The van der Waals surface area contributed by atoms with Crippen molar-refractivity contribution in [3.05, 3.63) is 54.1 Å². The third-order valence-electron chi connectivity index (χ3n) is 4.73. The standard InChI is InChI=1S/C18H26N4O/c1-15-12-21(14-18-19-8-9-20(18)2)10-11-22(15)13-17(23)16-6-4-3-5-7-16/h3-9,15,17,23H,10-14H2,1-2H3/t15-,17-/m0/s1. The molecule has 0 amide bonds. The van der Waals surface area contributed by atoms with Gasteiger partial charge >= 0.3 is 0 Å². The third kappa shape index (κ3) is 3.99. The number of aromatic nitrogens is 2. The van der Waals surface area contributed by atoms with Gasteiger partial charge in [-0.1, -0.05) is 30.3 Å². The predicted molar refractivity (Wildman–Crippen MR) is 90.9 cm³/mol. The minimum Gasteiger partial charge on any atom is -0.387 e. The number of aryl methyl sites for hydroxylation is 1. The first-order valence-electron chi connectivity index (χ1n) is 8.29. The fraction of sp³-hybridized carbons (Fsp3) is 0.500. The lowest BCUT2D eigenvalue weighted by Crippen LogP contribution is -2.52. The SMILES string of the molecule is C[C@H]1CN(Cc2nccn2C)CCN1C[C@H](O)c1ccccc1. The fourth-order valence-corrected chi connectivity index (χ4v) is 3.24. The van der Waals surface area contributed by atoms with Gasteiger partial charge in [0.25, 0.3) is 0 Å². The Morgan fingerprint density at radius 1 is 1.26 bits per heavy atom. The summed E-state index contributed by atoms with van der Waals surface area (Å²) in [5.41, 5.74) is 0.995. The van der Waals surface area contributed by atoms with E-state index in [1.807, 2.05) is 49.8 Å². The molecule has 23 heavy (non-hydrogen) atoms. The van der Waals surface area contributed by atoms with E-state index < -0.39 is 6.10 Å². The van der Waals surface area contributed by atoms with Crippen molar-refractivity contribution in [2.75, 3.05) is 26.2 Å². The Hall–Kier alpha value is -1.69. The summed E-state index contributed by atoms with van der Waals surface area (Å²) in [5, 5.41) is 10.4. The molecule has 0 unspecified atom stereocenters. The Balaban J connectivity index is 1.53. The molecule has 1 aliphatic heterocycles. The quantitative estimate of drug-likeness (QED) is 0.912. The molecule has 1 fully saturated rings. The van der Waals surface area contributed by atoms with Crippen LogP contribution in [-0.4, -0.2) is 56.7 Å². The molecule has 0 bridgehead atoms. The van der Waals surface area contributed by atoms with Gasteiger partial charge in [-0.25, -0.2) is 4.98 Å². The molecule has 0 aliphatic carbocycles. The van der Waals surface area contributed by atoms with Gasteiger partial charge in [0.05, 0.1) is 12.6 Å². The highest BCUT2D eigenvalue weighted by atomic mass is 16.3. The van der Waals surface area contributed by atoms with Gasteiger partial charge in [0, 0.05) is 51.7 Å². The van der Waals surface area contributed by atoms with Crippen LogP contribution in [0.5, 0.6) is 0 Å². The van der Waals surface area contributed by atoms with Crippen molar-refractivity contribution in [3.63, 3.8) is 0 Å². The van der Waals surface area contributed by atoms with Crippen molar-refractivity contribution in [2.24, 2.45) is 7.05 Å². The van der Waals surface area contributed by atoms with Gasteiger partial charge in [0.15, 0.2) is 0 Å². The maximum Gasteiger partial charge on any atom is 0.122 e. The van der Waals surface area contributed by atoms with Crippen molar-refractivity contribution >= 4 is 0 Å². The minimum atomic E-state index is -0.417. The lowest BCUT2D eigenvalue weighted by Gasteiger charge is -2.40. The van der Waals surface area contributed by atoms with Gasteiger partial charge in [-0.05, 0) is 12.5 Å². The molecule has 2 atom stereocenters. The van der Waals surface area contributed by atoms with Crippen LogP contribution in [0.1, 0.15) is 24.4 Å². The van der Waals surface area contributed by atoms with E-state index in [2.05, 4.69) is 26.3 Å². The van der Waals surface area contributed by atoms with Crippen LogP contribution in [0.15, 0.2) is 42.7 Å². The molecular weight excluding hydrogens is 288 g/mol. The topological polar surface area (TPSA) is 44.5 Å². The Labute approximate surface area is 138 Å². The Morgan fingerprint density at radius 2 is 2.04 bits per heavy atom. The summed E-state index contributed by atoms with van der Waals surface area (Å²) in [7, 11) is 2.04. The van der Waals surface area contributed by atoms with Gasteiger partial charge in [-0.2, -0.15) is 0 Å². The molecule has 2 heterocycles. The van der Waals surface area contributed by atoms with E-state index in [0.29, 0.717) is 12.6 Å². The largest absolute Gasteiger partial charge is 0.387 e. The summed E-state index contributed by atoms with van der Waals surface area (Å²) in [6, 6.07) is 10.4. The minimum absolute atomic E-state index is 0.417. The average molecular weight is 314 g/mol. The summed E-state index contributed by atoms with van der Waals surface area (Å²) in [6.07, 6.45) is 3.43. The summed E-state index contributed by atoms with van der Waals surface area (Å²) in [4.78, 5) is 9.23. The maximum absolute atomic E-state index is 10.4. The second-order valence-electron chi connectivity index (χ2n) is 6.46. The molecular formula is C18H26N4O. The van der Waals surface area contributed by atoms with Crippen LogP contribution in [0.2, 0.25) is 0 Å². The van der Waals surface area contributed by atoms with Crippen LogP contribution in [0.4, 0.5) is 0 Å². The summed E-state index contributed by atoms with van der Waals surface area (Å²) in [5.74, 6) is 1.11. The van der Waals surface area contributed by atoms with Crippen LogP contribution in [0.25, 0.3) is 0 Å². The molecule has 124 valence electrons. The highest BCUT2D eigenvalue weighted by Gasteiger charge is 2.26. The van der Waals surface area contributed by atoms with Gasteiger partial charge in [-0.15, -0.1) is 0 Å². The number of β-amino-alcohol motifs (C(OH)–C–C–N with tert-alkyl or cyclic N) is 1. The molecule has 2 aromatic rings. The molecule has 0 saturated carbocycles. The van der Waals surface area contributed by atoms with Crippen LogP contribution >= 0.6 is 0 Å². The second kappa shape index (κ2) is 7.25. The van der Waals surface area contributed by atoms with Crippen molar-refractivity contribution in [1.29, 1.82) is 0 Å². The van der Waals surface area contributed by atoms with E-state index >= 15 is 0 Å². The van der Waals surface area contributed by atoms with E-state index in [9.17, 15) is 5.11 Å². The van der Waals surface area contributed by atoms with E-state index in [1.54, 1.807) is 0 Å². The van der Waals surface area contributed by atoms with Gasteiger partial charge in [0.2, 0.25) is 0 Å². The summed E-state index contributed by atoms with van der Waals surface area (Å²) < 4.78 is 2.08. The lowest BCUT2D eigenvalue weighted by molar-refractivity contribution is 0.0351. The fourth-order valence-electron chi connectivity index (χ4n) is 3.24. The van der Waals surface area contributed by atoms with Crippen molar-refractivity contribution < 1.29 is 5.11 Å². The molecule has 5 nitrogen and oxygen atoms in total. The number of imidazole rings is 1. The van der Waals surface area contributed by atoms with Crippen LogP contribution in [-0.2, 0) is 13.6 Å². The first-order chi connectivity index (χ1) is 11.1. The van der Waals surface area contributed by atoms with E-state index in [0.717, 1.165) is 37.6 Å². The molecule has 5 heteroatoms. The number of hydrogen-bond donors (Lipinski definition) is 1. The van der Waals surface area contributed by atoms with Crippen molar-refractivity contribution in [3.8, 4) is 0 Å². The van der Waals surface area contributed by atoms with Crippen molar-refractivity contribution in [2.45, 2.75) is 25.6 Å². The van der Waals surface area contributed by atoms with Crippen LogP contribution < -0.4 is 0 Å². The Morgan fingerprint density at radius 3 is 2.70 bits per heavy atom. The zero-order chi connectivity index (χ0) is 16.2. The first-order valence-corrected chi connectivity index (χ1v) is 8.29. The number of piperazine rings is 1. The predicted octanol–water partition coefficient (Wildman–Crippen LogP) is 1.66. The number of rotatable bonds is 5. The summed E-state index contributed by atoms with van der Waals surface area (Å²) >= 11 is 0. The van der Waals surface area contributed by atoms with E-state index in [-0.39, 0.29) is 0 Å². The van der Waals surface area contributed by atoms with Crippen molar-refractivity contribution in [1.82, 2.24) is 19.4 Å².